The van der Waals surface area contributed by atoms with Gasteiger partial charge in [0.15, 0.2) is 0 Å². The number of hydrogen-bond donors (Lipinski definition) is 1. The first kappa shape index (κ1) is 23.5. The summed E-state index contributed by atoms with van der Waals surface area (Å²) in [7, 11) is -6.43. The van der Waals surface area contributed by atoms with Crippen molar-refractivity contribution < 1.29 is 26.4 Å². The maximum atomic E-state index is 12.5. The molecule has 0 amide bonds. The lowest BCUT2D eigenvalue weighted by Gasteiger charge is -2.32. The summed E-state index contributed by atoms with van der Waals surface area (Å²) in [5, 5.41) is 0. The standard InChI is InChI=1S/C17H28N2O6S2/c1-12(2)16(17(20)25-5)19(26(6,21)22)11-14(4)18-27(23,24)15-9-7-13(3)8-10-15/h7-10,12,14,16,18H,11H2,1-6H3/t14-,16-/m0/s1. The molecule has 0 aliphatic carbocycles. The summed E-state index contributed by atoms with van der Waals surface area (Å²) in [6.07, 6.45) is 0.979. The molecule has 0 heterocycles. The molecule has 0 aliphatic heterocycles. The molecule has 2 atom stereocenters. The molecule has 154 valence electrons. The number of esters is 1. The minimum atomic E-state index is -3.83. The van der Waals surface area contributed by atoms with E-state index in [9.17, 15) is 21.6 Å². The van der Waals surface area contributed by atoms with Gasteiger partial charge in [0.05, 0.1) is 18.3 Å². The van der Waals surface area contributed by atoms with Crippen molar-refractivity contribution in [1.29, 1.82) is 0 Å². The summed E-state index contributed by atoms with van der Waals surface area (Å²) in [5.41, 5.74) is 0.920. The molecule has 0 fully saturated rings. The zero-order chi connectivity index (χ0) is 21.0. The molecule has 1 aromatic carbocycles. The Kier molecular flexibility index (Phi) is 7.97. The predicted octanol–water partition coefficient (Wildman–Crippen LogP) is 1.12. The van der Waals surface area contributed by atoms with Gasteiger partial charge in [0.1, 0.15) is 6.04 Å². The summed E-state index contributed by atoms with van der Waals surface area (Å²) in [4.78, 5) is 12.2. The quantitative estimate of drug-likeness (QED) is 0.600. The summed E-state index contributed by atoms with van der Waals surface area (Å²) in [6, 6.07) is 4.49. The predicted molar refractivity (Wildman–Crippen MR) is 103 cm³/mol. The maximum absolute atomic E-state index is 12.5. The van der Waals surface area contributed by atoms with E-state index in [0.717, 1.165) is 16.1 Å². The highest BCUT2D eigenvalue weighted by molar-refractivity contribution is 7.89. The van der Waals surface area contributed by atoms with Gasteiger partial charge in [-0.25, -0.2) is 21.6 Å². The fourth-order valence-electron chi connectivity index (χ4n) is 2.66. The molecule has 0 bridgehead atoms. The average molecular weight is 421 g/mol. The number of ether oxygens (including phenoxy) is 1. The van der Waals surface area contributed by atoms with Crippen molar-refractivity contribution in [3.63, 3.8) is 0 Å². The minimum absolute atomic E-state index is 0.0826. The van der Waals surface area contributed by atoms with E-state index in [1.165, 1.54) is 19.2 Å². The van der Waals surface area contributed by atoms with Gasteiger partial charge in [-0.15, -0.1) is 0 Å². The third kappa shape index (κ3) is 6.56. The highest BCUT2D eigenvalue weighted by Gasteiger charge is 2.37. The van der Waals surface area contributed by atoms with Crippen LogP contribution in [-0.4, -0.2) is 59.1 Å². The smallest absolute Gasteiger partial charge is 0.324 e. The van der Waals surface area contributed by atoms with Crippen LogP contribution >= 0.6 is 0 Å². The highest BCUT2D eigenvalue weighted by Crippen LogP contribution is 2.18. The normalized spacial score (nSPS) is 15.0. The third-order valence-corrected chi connectivity index (χ3v) is 6.79. The fourth-order valence-corrected chi connectivity index (χ4v) is 5.13. The van der Waals surface area contributed by atoms with Gasteiger partial charge >= 0.3 is 5.97 Å². The van der Waals surface area contributed by atoms with Crippen molar-refractivity contribution in [3.8, 4) is 0 Å². The van der Waals surface area contributed by atoms with Crippen molar-refractivity contribution in [1.82, 2.24) is 9.03 Å². The monoisotopic (exact) mass is 420 g/mol. The summed E-state index contributed by atoms with van der Waals surface area (Å²) < 4.78 is 57.7. The van der Waals surface area contributed by atoms with E-state index in [4.69, 9.17) is 4.74 Å². The van der Waals surface area contributed by atoms with Gasteiger partial charge in [0.25, 0.3) is 0 Å². The Balaban J connectivity index is 3.08. The molecule has 1 aromatic rings. The number of carbonyl (C=O) groups is 1. The number of sulfonamides is 2. The molecular weight excluding hydrogens is 392 g/mol. The minimum Gasteiger partial charge on any atom is -0.468 e. The summed E-state index contributed by atoms with van der Waals surface area (Å²) in [6.45, 7) is 6.57. The molecule has 1 rings (SSSR count). The van der Waals surface area contributed by atoms with Gasteiger partial charge in [0.2, 0.25) is 20.0 Å². The van der Waals surface area contributed by atoms with Crippen LogP contribution < -0.4 is 4.72 Å². The third-order valence-electron chi connectivity index (χ3n) is 3.95. The molecule has 1 N–H and O–H groups in total. The Bertz CT molecular complexity index is 848. The molecule has 0 aromatic heterocycles. The van der Waals surface area contributed by atoms with E-state index < -0.39 is 38.1 Å². The van der Waals surface area contributed by atoms with E-state index in [-0.39, 0.29) is 17.4 Å². The van der Waals surface area contributed by atoms with Gasteiger partial charge in [-0.3, -0.25) is 4.79 Å². The Morgan fingerprint density at radius 1 is 1.11 bits per heavy atom. The Morgan fingerprint density at radius 3 is 2.04 bits per heavy atom. The molecule has 0 saturated carbocycles. The van der Waals surface area contributed by atoms with Crippen LogP contribution in [0.1, 0.15) is 26.3 Å². The Morgan fingerprint density at radius 2 is 1.63 bits per heavy atom. The van der Waals surface area contributed by atoms with Crippen LogP contribution in [0.3, 0.4) is 0 Å². The average Bonchev–Trinajstić information content (AvgIpc) is 2.52. The summed E-state index contributed by atoms with van der Waals surface area (Å²) >= 11 is 0. The van der Waals surface area contributed by atoms with Gasteiger partial charge in [-0.1, -0.05) is 31.5 Å². The van der Waals surface area contributed by atoms with Crippen LogP contribution in [0.15, 0.2) is 29.2 Å². The Hall–Kier alpha value is -1.49. The van der Waals surface area contributed by atoms with Crippen LogP contribution in [0, 0.1) is 12.8 Å². The zero-order valence-corrected chi connectivity index (χ0v) is 18.1. The lowest BCUT2D eigenvalue weighted by molar-refractivity contribution is -0.146. The fraction of sp³-hybridized carbons (Fsp3) is 0.588. The number of benzene rings is 1. The van der Waals surface area contributed by atoms with Gasteiger partial charge < -0.3 is 4.74 Å². The number of nitrogens with one attached hydrogen (secondary N) is 1. The molecule has 0 aliphatic rings. The number of methoxy groups -OCH3 is 1. The first-order chi connectivity index (χ1) is 12.3. The molecule has 10 heteroatoms. The SMILES string of the molecule is COC(=O)[C@H](C(C)C)N(C[C@H](C)NS(=O)(=O)c1ccc(C)cc1)S(C)(=O)=O. The van der Waals surface area contributed by atoms with Crippen LogP contribution in [0.4, 0.5) is 0 Å². The Labute approximate surface area is 162 Å². The number of carbonyl (C=O) groups excluding carboxylic acids is 1. The maximum Gasteiger partial charge on any atom is 0.324 e. The molecule has 0 spiro atoms. The number of rotatable bonds is 9. The van der Waals surface area contributed by atoms with Crippen LogP contribution in [-0.2, 0) is 29.6 Å². The van der Waals surface area contributed by atoms with Gasteiger partial charge in [-0.2, -0.15) is 4.31 Å². The van der Waals surface area contributed by atoms with Crippen LogP contribution in [0.25, 0.3) is 0 Å². The molecule has 27 heavy (non-hydrogen) atoms. The van der Waals surface area contributed by atoms with Gasteiger partial charge in [0, 0.05) is 12.6 Å². The van der Waals surface area contributed by atoms with E-state index in [1.54, 1.807) is 32.9 Å². The van der Waals surface area contributed by atoms with E-state index in [1.807, 2.05) is 6.92 Å². The second kappa shape index (κ2) is 9.13. The number of aryl methyl sites for hydroxylation is 1. The zero-order valence-electron chi connectivity index (χ0n) is 16.5. The van der Waals surface area contributed by atoms with E-state index >= 15 is 0 Å². The largest absolute Gasteiger partial charge is 0.468 e. The van der Waals surface area contributed by atoms with Crippen LogP contribution in [0.2, 0.25) is 0 Å². The first-order valence-corrected chi connectivity index (χ1v) is 11.8. The van der Waals surface area contributed by atoms with Gasteiger partial charge in [-0.05, 0) is 31.9 Å². The molecule has 0 unspecified atom stereocenters. The van der Waals surface area contributed by atoms with Crippen molar-refractivity contribution in [2.24, 2.45) is 5.92 Å². The molecular formula is C17H28N2O6S2. The van der Waals surface area contributed by atoms with E-state index in [0.29, 0.717) is 0 Å². The lowest BCUT2D eigenvalue weighted by atomic mass is 10.0. The van der Waals surface area contributed by atoms with Crippen molar-refractivity contribution in [3.05, 3.63) is 29.8 Å². The molecule has 0 saturated heterocycles. The van der Waals surface area contributed by atoms with Crippen molar-refractivity contribution in [2.45, 2.75) is 44.7 Å². The highest BCUT2D eigenvalue weighted by atomic mass is 32.2. The van der Waals surface area contributed by atoms with Crippen molar-refractivity contribution in [2.75, 3.05) is 19.9 Å². The van der Waals surface area contributed by atoms with Crippen LogP contribution in [0.5, 0.6) is 0 Å². The van der Waals surface area contributed by atoms with Crippen molar-refractivity contribution >= 4 is 26.0 Å². The molecule has 8 nitrogen and oxygen atoms in total. The number of hydrogen-bond acceptors (Lipinski definition) is 6. The first-order valence-electron chi connectivity index (χ1n) is 8.43. The summed E-state index contributed by atoms with van der Waals surface area (Å²) in [5.74, 6) is -1.04. The number of nitrogens with zero attached hydrogens (tertiary/aromatic N) is 1. The molecule has 0 radical (unpaired) electrons. The van der Waals surface area contributed by atoms with E-state index in [2.05, 4.69) is 4.72 Å². The lowest BCUT2D eigenvalue weighted by Crippen LogP contribution is -2.53. The second-order valence-corrected chi connectivity index (χ2v) is 10.5. The second-order valence-electron chi connectivity index (χ2n) is 6.88. The topological polar surface area (TPSA) is 110 Å².